The number of carbonyl (C=O) groups is 1. The molecule has 5 heteroatoms. The summed E-state index contributed by atoms with van der Waals surface area (Å²) in [5.41, 5.74) is 2.20. The van der Waals surface area contributed by atoms with Gasteiger partial charge in [0.15, 0.2) is 5.69 Å². The maximum Gasteiger partial charge on any atom is 0.354 e. The standard InChI is InChI=1S/C15H18N2O3/c1-9(2)20-12-8-6-5-7-11(12)13-10(3)16-17(4)14(13)15(18)19/h5-9H,1-4H3,(H,18,19). The van der Waals surface area contributed by atoms with Crippen LogP contribution in [0.1, 0.15) is 30.0 Å². The molecule has 1 aromatic carbocycles. The van der Waals surface area contributed by atoms with Crippen LogP contribution in [0.2, 0.25) is 0 Å². The highest BCUT2D eigenvalue weighted by molar-refractivity contribution is 5.96. The average Bonchev–Trinajstić information content (AvgIpc) is 2.64. The summed E-state index contributed by atoms with van der Waals surface area (Å²) in [4.78, 5) is 11.5. The molecule has 0 saturated carbocycles. The minimum absolute atomic E-state index is 0.0152. The zero-order valence-electron chi connectivity index (χ0n) is 12.0. The zero-order chi connectivity index (χ0) is 14.9. The van der Waals surface area contributed by atoms with Crippen molar-refractivity contribution in [2.45, 2.75) is 26.9 Å². The van der Waals surface area contributed by atoms with Crippen LogP contribution in [-0.2, 0) is 7.05 Å². The van der Waals surface area contributed by atoms with E-state index in [0.29, 0.717) is 17.0 Å². The summed E-state index contributed by atoms with van der Waals surface area (Å²) in [6.45, 7) is 5.67. The van der Waals surface area contributed by atoms with E-state index in [9.17, 15) is 9.90 Å². The quantitative estimate of drug-likeness (QED) is 0.931. The van der Waals surface area contributed by atoms with Crippen LogP contribution in [0, 0.1) is 6.92 Å². The highest BCUT2D eigenvalue weighted by Gasteiger charge is 2.23. The molecule has 0 spiro atoms. The fourth-order valence-corrected chi connectivity index (χ4v) is 2.26. The number of hydrogen-bond donors (Lipinski definition) is 1. The number of carboxylic acids is 1. The monoisotopic (exact) mass is 274 g/mol. The van der Waals surface area contributed by atoms with E-state index in [1.165, 1.54) is 4.68 Å². The second-order valence-electron chi connectivity index (χ2n) is 4.90. The van der Waals surface area contributed by atoms with Crippen LogP contribution >= 0.6 is 0 Å². The van der Waals surface area contributed by atoms with Crippen molar-refractivity contribution in [3.05, 3.63) is 35.7 Å². The molecular weight excluding hydrogens is 256 g/mol. The van der Waals surface area contributed by atoms with Gasteiger partial charge in [-0.05, 0) is 26.8 Å². The molecule has 1 heterocycles. The van der Waals surface area contributed by atoms with Crippen molar-refractivity contribution in [1.82, 2.24) is 9.78 Å². The summed E-state index contributed by atoms with van der Waals surface area (Å²) in [6, 6.07) is 7.43. The SMILES string of the molecule is Cc1nn(C)c(C(=O)O)c1-c1ccccc1OC(C)C. The van der Waals surface area contributed by atoms with Crippen molar-refractivity contribution < 1.29 is 14.6 Å². The van der Waals surface area contributed by atoms with Crippen LogP contribution < -0.4 is 4.74 Å². The second kappa shape index (κ2) is 5.36. The summed E-state index contributed by atoms with van der Waals surface area (Å²) in [5.74, 6) is -0.330. The van der Waals surface area contributed by atoms with Gasteiger partial charge < -0.3 is 9.84 Å². The Bertz CT molecular complexity index is 645. The van der Waals surface area contributed by atoms with Crippen LogP contribution in [-0.4, -0.2) is 27.0 Å². The van der Waals surface area contributed by atoms with E-state index >= 15 is 0 Å². The van der Waals surface area contributed by atoms with E-state index in [1.54, 1.807) is 14.0 Å². The van der Waals surface area contributed by atoms with Crippen LogP contribution in [0.25, 0.3) is 11.1 Å². The lowest BCUT2D eigenvalue weighted by molar-refractivity contribution is 0.0686. The van der Waals surface area contributed by atoms with E-state index in [-0.39, 0.29) is 11.8 Å². The second-order valence-corrected chi connectivity index (χ2v) is 4.90. The Labute approximate surface area is 117 Å². The van der Waals surface area contributed by atoms with Crippen molar-refractivity contribution in [3.8, 4) is 16.9 Å². The van der Waals surface area contributed by atoms with Gasteiger partial charge in [0.05, 0.1) is 11.8 Å². The summed E-state index contributed by atoms with van der Waals surface area (Å²) in [6.07, 6.45) is 0.0152. The summed E-state index contributed by atoms with van der Waals surface area (Å²) in [7, 11) is 1.63. The fraction of sp³-hybridized carbons (Fsp3) is 0.333. The zero-order valence-corrected chi connectivity index (χ0v) is 12.0. The maximum atomic E-state index is 11.5. The van der Waals surface area contributed by atoms with Crippen molar-refractivity contribution in [3.63, 3.8) is 0 Å². The normalized spacial score (nSPS) is 10.8. The molecule has 2 rings (SSSR count). The van der Waals surface area contributed by atoms with Gasteiger partial charge in [0.2, 0.25) is 0 Å². The molecule has 0 aliphatic carbocycles. The Morgan fingerprint density at radius 2 is 2.00 bits per heavy atom. The molecule has 0 atom stereocenters. The molecule has 0 aliphatic heterocycles. The molecule has 2 aromatic rings. The Morgan fingerprint density at radius 3 is 2.60 bits per heavy atom. The number of nitrogens with zero attached hydrogens (tertiary/aromatic N) is 2. The van der Waals surface area contributed by atoms with Gasteiger partial charge in [-0.15, -0.1) is 0 Å². The van der Waals surface area contributed by atoms with Gasteiger partial charge in [-0.3, -0.25) is 4.68 Å². The average molecular weight is 274 g/mol. The first-order valence-corrected chi connectivity index (χ1v) is 6.44. The molecule has 20 heavy (non-hydrogen) atoms. The van der Waals surface area contributed by atoms with Crippen LogP contribution in [0.4, 0.5) is 0 Å². The van der Waals surface area contributed by atoms with E-state index in [4.69, 9.17) is 4.74 Å². The van der Waals surface area contributed by atoms with Gasteiger partial charge in [-0.25, -0.2) is 4.79 Å². The lowest BCUT2D eigenvalue weighted by Crippen LogP contribution is -2.09. The fourth-order valence-electron chi connectivity index (χ4n) is 2.26. The molecule has 0 aliphatic rings. The first-order valence-electron chi connectivity index (χ1n) is 6.44. The number of benzene rings is 1. The minimum Gasteiger partial charge on any atom is -0.490 e. The summed E-state index contributed by atoms with van der Waals surface area (Å²) >= 11 is 0. The minimum atomic E-state index is -0.998. The highest BCUT2D eigenvalue weighted by atomic mass is 16.5. The Morgan fingerprint density at radius 1 is 1.35 bits per heavy atom. The van der Waals surface area contributed by atoms with Crippen molar-refractivity contribution in [2.75, 3.05) is 0 Å². The van der Waals surface area contributed by atoms with Gasteiger partial charge in [-0.1, -0.05) is 18.2 Å². The molecule has 0 amide bonds. The number of rotatable bonds is 4. The van der Waals surface area contributed by atoms with Gasteiger partial charge >= 0.3 is 5.97 Å². The van der Waals surface area contributed by atoms with E-state index in [2.05, 4.69) is 5.10 Å². The van der Waals surface area contributed by atoms with Crippen molar-refractivity contribution >= 4 is 5.97 Å². The predicted octanol–water partition coefficient (Wildman–Crippen LogP) is 2.88. The lowest BCUT2D eigenvalue weighted by atomic mass is 10.0. The van der Waals surface area contributed by atoms with Crippen molar-refractivity contribution in [2.24, 2.45) is 7.05 Å². The van der Waals surface area contributed by atoms with Crippen molar-refractivity contribution in [1.29, 1.82) is 0 Å². The molecule has 0 saturated heterocycles. The third kappa shape index (κ3) is 2.52. The topological polar surface area (TPSA) is 64.4 Å². The number of hydrogen-bond acceptors (Lipinski definition) is 3. The maximum absolute atomic E-state index is 11.5. The first-order chi connectivity index (χ1) is 9.41. The summed E-state index contributed by atoms with van der Waals surface area (Å²) < 4.78 is 7.16. The summed E-state index contributed by atoms with van der Waals surface area (Å²) in [5, 5.41) is 13.6. The van der Waals surface area contributed by atoms with Gasteiger partial charge in [0, 0.05) is 18.2 Å². The molecule has 5 nitrogen and oxygen atoms in total. The van der Waals surface area contributed by atoms with E-state index in [1.807, 2.05) is 38.1 Å². The molecule has 0 bridgehead atoms. The third-order valence-corrected chi connectivity index (χ3v) is 2.94. The number of aryl methyl sites for hydroxylation is 2. The number of aromatic nitrogens is 2. The van der Waals surface area contributed by atoms with Crippen LogP contribution in [0.5, 0.6) is 5.75 Å². The highest BCUT2D eigenvalue weighted by Crippen LogP contribution is 2.35. The number of carboxylic acid groups (broad SMARTS) is 1. The van der Waals surface area contributed by atoms with Crippen LogP contribution in [0.3, 0.4) is 0 Å². The molecule has 0 fully saturated rings. The molecule has 0 unspecified atom stereocenters. The molecule has 1 N–H and O–H groups in total. The van der Waals surface area contributed by atoms with E-state index < -0.39 is 5.97 Å². The Hall–Kier alpha value is -2.30. The molecule has 1 aromatic heterocycles. The van der Waals surface area contributed by atoms with Gasteiger partial charge in [0.1, 0.15) is 5.75 Å². The number of para-hydroxylation sites is 1. The molecule has 0 radical (unpaired) electrons. The lowest BCUT2D eigenvalue weighted by Gasteiger charge is -2.14. The Balaban J connectivity index is 2.66. The Kier molecular flexibility index (Phi) is 3.79. The smallest absolute Gasteiger partial charge is 0.354 e. The first kappa shape index (κ1) is 14.1. The molecular formula is C15H18N2O3. The van der Waals surface area contributed by atoms with Gasteiger partial charge in [-0.2, -0.15) is 5.10 Å². The largest absolute Gasteiger partial charge is 0.490 e. The third-order valence-electron chi connectivity index (χ3n) is 2.94. The number of ether oxygens (including phenoxy) is 1. The predicted molar refractivity (Wildman–Crippen MR) is 76.1 cm³/mol. The molecule has 106 valence electrons. The van der Waals surface area contributed by atoms with Gasteiger partial charge in [0.25, 0.3) is 0 Å². The van der Waals surface area contributed by atoms with E-state index in [0.717, 1.165) is 5.56 Å². The van der Waals surface area contributed by atoms with Crippen LogP contribution in [0.15, 0.2) is 24.3 Å². The number of aromatic carboxylic acids is 1.